The van der Waals surface area contributed by atoms with Gasteiger partial charge in [-0.25, -0.2) is 19.2 Å². The third-order valence-corrected chi connectivity index (χ3v) is 4.13. The van der Waals surface area contributed by atoms with Crippen LogP contribution in [0.2, 0.25) is 0 Å². The summed E-state index contributed by atoms with van der Waals surface area (Å²) in [6.07, 6.45) is 2.19. The van der Waals surface area contributed by atoms with Crippen LogP contribution in [0, 0.1) is 0 Å². The van der Waals surface area contributed by atoms with Gasteiger partial charge < -0.3 is 18.9 Å². The van der Waals surface area contributed by atoms with E-state index < -0.39 is 30.0 Å². The molecule has 0 aliphatic carbocycles. The van der Waals surface area contributed by atoms with Crippen LogP contribution in [0.15, 0.2) is 73.8 Å². The van der Waals surface area contributed by atoms with Gasteiger partial charge in [0.25, 0.3) is 0 Å². The summed E-state index contributed by atoms with van der Waals surface area (Å²) in [6.45, 7) is 8.51. The highest BCUT2D eigenvalue weighted by atomic mass is 16.6. The lowest BCUT2D eigenvalue weighted by Gasteiger charge is -2.14. The van der Waals surface area contributed by atoms with Gasteiger partial charge in [0.1, 0.15) is 25.9 Å². The highest BCUT2D eigenvalue weighted by molar-refractivity contribution is 5.94. The van der Waals surface area contributed by atoms with Gasteiger partial charge in [-0.15, -0.1) is 0 Å². The van der Waals surface area contributed by atoms with Gasteiger partial charge in [-0.2, -0.15) is 0 Å². The molecular formula is C25H24O8. The molecular weight excluding hydrogens is 428 g/mol. The van der Waals surface area contributed by atoms with Crippen molar-refractivity contribution >= 4 is 23.9 Å². The average Bonchev–Trinajstić information content (AvgIpc) is 2.84. The third kappa shape index (κ3) is 7.77. The maximum Gasteiger partial charge on any atom is 0.338 e. The van der Waals surface area contributed by atoms with E-state index in [0.29, 0.717) is 0 Å². The Kier molecular flexibility index (Phi) is 9.57. The molecule has 8 nitrogen and oxygen atoms in total. The van der Waals surface area contributed by atoms with Gasteiger partial charge in [0.05, 0.1) is 22.3 Å². The number of carbonyl (C=O) groups is 4. The Bertz CT molecular complexity index is 1010. The molecule has 2 aromatic carbocycles. The molecule has 8 heteroatoms. The van der Waals surface area contributed by atoms with Crippen molar-refractivity contribution in [2.45, 2.75) is 13.0 Å². The summed E-state index contributed by atoms with van der Waals surface area (Å²) in [7, 11) is 0. The van der Waals surface area contributed by atoms with Crippen molar-refractivity contribution < 1.29 is 38.1 Å². The number of ether oxygens (including phenoxy) is 4. The van der Waals surface area contributed by atoms with Crippen LogP contribution in [0.3, 0.4) is 0 Å². The first-order chi connectivity index (χ1) is 15.8. The summed E-state index contributed by atoms with van der Waals surface area (Å²) in [5, 5.41) is 0. The van der Waals surface area contributed by atoms with Crippen molar-refractivity contribution in [3.05, 3.63) is 96.1 Å². The van der Waals surface area contributed by atoms with Gasteiger partial charge >= 0.3 is 23.9 Å². The quantitative estimate of drug-likeness (QED) is 0.288. The molecule has 2 rings (SSSR count). The highest BCUT2D eigenvalue weighted by Gasteiger charge is 2.16. The minimum absolute atomic E-state index is 0.0886. The Hall–Kier alpha value is -4.20. The largest absolute Gasteiger partial charge is 0.458 e. The number of hydrogen-bond acceptors (Lipinski definition) is 8. The van der Waals surface area contributed by atoms with E-state index in [9.17, 15) is 19.2 Å². The van der Waals surface area contributed by atoms with Gasteiger partial charge in [-0.05, 0) is 55.5 Å². The first kappa shape index (κ1) is 25.1. The normalized spacial score (nSPS) is 10.9. The van der Waals surface area contributed by atoms with E-state index in [1.54, 1.807) is 6.92 Å². The SMILES string of the molecule is C=CCOC(=O)c1ccc(C(=O)OCC(C)OC(=O)c2ccc(C(=O)OCC=C)cc2)cc1. The zero-order chi connectivity index (χ0) is 24.2. The summed E-state index contributed by atoms with van der Waals surface area (Å²) in [4.78, 5) is 48.0. The van der Waals surface area contributed by atoms with Crippen LogP contribution in [0.5, 0.6) is 0 Å². The van der Waals surface area contributed by atoms with Crippen LogP contribution in [-0.4, -0.2) is 49.8 Å². The minimum Gasteiger partial charge on any atom is -0.458 e. The summed E-state index contributed by atoms with van der Waals surface area (Å²) < 4.78 is 20.3. The van der Waals surface area contributed by atoms with Crippen LogP contribution in [-0.2, 0) is 18.9 Å². The summed E-state index contributed by atoms with van der Waals surface area (Å²) >= 11 is 0. The topological polar surface area (TPSA) is 105 Å². The number of carbonyl (C=O) groups excluding carboxylic acids is 4. The van der Waals surface area contributed by atoms with Crippen molar-refractivity contribution in [1.29, 1.82) is 0 Å². The molecule has 0 bridgehead atoms. The summed E-state index contributed by atoms with van der Waals surface area (Å²) in [5.74, 6) is -2.33. The van der Waals surface area contributed by atoms with E-state index in [0.717, 1.165) is 0 Å². The van der Waals surface area contributed by atoms with Crippen LogP contribution in [0.4, 0.5) is 0 Å². The number of hydrogen-bond donors (Lipinski definition) is 0. The molecule has 33 heavy (non-hydrogen) atoms. The Morgan fingerprint density at radius 1 is 0.667 bits per heavy atom. The molecule has 0 radical (unpaired) electrons. The van der Waals surface area contributed by atoms with Gasteiger partial charge in [0.15, 0.2) is 0 Å². The molecule has 0 spiro atoms. The lowest BCUT2D eigenvalue weighted by atomic mass is 10.1. The van der Waals surface area contributed by atoms with E-state index >= 15 is 0 Å². The van der Waals surface area contributed by atoms with Crippen LogP contribution >= 0.6 is 0 Å². The Labute approximate surface area is 191 Å². The molecule has 0 saturated heterocycles. The van der Waals surface area contributed by atoms with Gasteiger partial charge in [-0.1, -0.05) is 25.3 Å². The molecule has 0 fully saturated rings. The second-order valence-electron chi connectivity index (χ2n) is 6.74. The Morgan fingerprint density at radius 2 is 1.00 bits per heavy atom. The highest BCUT2D eigenvalue weighted by Crippen LogP contribution is 2.11. The Morgan fingerprint density at radius 3 is 1.36 bits per heavy atom. The molecule has 0 N–H and O–H groups in total. The van der Waals surface area contributed by atoms with Crippen molar-refractivity contribution in [1.82, 2.24) is 0 Å². The monoisotopic (exact) mass is 452 g/mol. The van der Waals surface area contributed by atoms with E-state index in [1.807, 2.05) is 0 Å². The summed E-state index contributed by atoms with van der Waals surface area (Å²) in [6, 6.07) is 11.5. The molecule has 0 amide bonds. The van der Waals surface area contributed by atoms with E-state index in [4.69, 9.17) is 18.9 Å². The predicted molar refractivity (Wildman–Crippen MR) is 119 cm³/mol. The fraction of sp³-hybridized carbons (Fsp3) is 0.200. The lowest BCUT2D eigenvalue weighted by molar-refractivity contribution is 0.00447. The number of esters is 4. The first-order valence-corrected chi connectivity index (χ1v) is 10.00. The molecule has 1 atom stereocenters. The van der Waals surface area contributed by atoms with E-state index in [2.05, 4.69) is 13.2 Å². The van der Waals surface area contributed by atoms with Crippen LogP contribution < -0.4 is 0 Å². The predicted octanol–water partition coefficient (Wildman–Crippen LogP) is 3.77. The maximum atomic E-state index is 12.3. The van der Waals surface area contributed by atoms with Crippen LogP contribution in [0.25, 0.3) is 0 Å². The summed E-state index contributed by atoms with van der Waals surface area (Å²) in [5.41, 5.74) is 1.03. The fourth-order valence-corrected chi connectivity index (χ4v) is 2.48. The van der Waals surface area contributed by atoms with Gasteiger partial charge in [0.2, 0.25) is 0 Å². The maximum absolute atomic E-state index is 12.3. The van der Waals surface area contributed by atoms with Crippen molar-refractivity contribution in [3.63, 3.8) is 0 Å². The zero-order valence-corrected chi connectivity index (χ0v) is 18.2. The van der Waals surface area contributed by atoms with Gasteiger partial charge in [-0.3, -0.25) is 0 Å². The van der Waals surface area contributed by atoms with E-state index in [-0.39, 0.29) is 42.1 Å². The number of benzene rings is 2. The molecule has 172 valence electrons. The number of rotatable bonds is 11. The minimum atomic E-state index is -0.716. The molecule has 0 aromatic heterocycles. The van der Waals surface area contributed by atoms with Crippen molar-refractivity contribution in [2.75, 3.05) is 19.8 Å². The molecule has 2 aromatic rings. The second kappa shape index (κ2) is 12.6. The first-order valence-electron chi connectivity index (χ1n) is 10.00. The molecule has 1 unspecified atom stereocenters. The zero-order valence-electron chi connectivity index (χ0n) is 18.2. The lowest BCUT2D eigenvalue weighted by Crippen LogP contribution is -2.22. The second-order valence-corrected chi connectivity index (χ2v) is 6.74. The van der Waals surface area contributed by atoms with Crippen molar-refractivity contribution in [2.24, 2.45) is 0 Å². The molecule has 0 saturated carbocycles. The fourth-order valence-electron chi connectivity index (χ4n) is 2.48. The Balaban J connectivity index is 1.83. The van der Waals surface area contributed by atoms with Crippen LogP contribution in [0.1, 0.15) is 48.4 Å². The third-order valence-electron chi connectivity index (χ3n) is 4.13. The smallest absolute Gasteiger partial charge is 0.338 e. The molecule has 0 aliphatic rings. The standard InChI is InChI=1S/C25H24O8/c1-4-14-30-22(26)18-6-8-20(9-7-18)24(28)32-16-17(3)33-25(29)21-12-10-19(11-13-21)23(27)31-15-5-2/h4-13,17H,1-2,14-16H2,3H3. The average molecular weight is 452 g/mol. The van der Waals surface area contributed by atoms with Crippen molar-refractivity contribution in [3.8, 4) is 0 Å². The van der Waals surface area contributed by atoms with Gasteiger partial charge in [0, 0.05) is 0 Å². The molecule has 0 heterocycles. The molecule has 0 aliphatic heterocycles. The van der Waals surface area contributed by atoms with E-state index in [1.165, 1.54) is 60.7 Å².